The first-order valence-electron chi connectivity index (χ1n) is 8.94. The zero-order valence-electron chi connectivity index (χ0n) is 15.3. The summed E-state index contributed by atoms with van der Waals surface area (Å²) in [5.41, 5.74) is 4.80. The molecule has 1 unspecified atom stereocenters. The van der Waals surface area contributed by atoms with Crippen LogP contribution in [0.3, 0.4) is 0 Å². The molecule has 2 aliphatic rings. The smallest absolute Gasteiger partial charge is 0.316 e. The van der Waals surface area contributed by atoms with Crippen LogP contribution in [-0.2, 0) is 17.9 Å². The first-order valence-corrected chi connectivity index (χ1v) is 8.94. The highest BCUT2D eigenvalue weighted by atomic mass is 16.2. The molecule has 3 heterocycles. The highest BCUT2D eigenvalue weighted by Crippen LogP contribution is 2.24. The Hall–Kier alpha value is -3.22. The van der Waals surface area contributed by atoms with Crippen LogP contribution in [-0.4, -0.2) is 39.6 Å². The first-order chi connectivity index (χ1) is 13.0. The van der Waals surface area contributed by atoms with E-state index in [1.807, 2.05) is 43.5 Å². The molecule has 1 N–H and O–H groups in total. The molecule has 2 aliphatic heterocycles. The fraction of sp³-hybridized carbons (Fsp3) is 0.300. The number of hydrogen-bond donors (Lipinski definition) is 1. The highest BCUT2D eigenvalue weighted by Gasteiger charge is 2.26. The molecule has 0 bridgehead atoms. The van der Waals surface area contributed by atoms with E-state index in [0.29, 0.717) is 19.5 Å². The Bertz CT molecular complexity index is 897. The number of aromatic nitrogens is 1. The van der Waals surface area contributed by atoms with Crippen LogP contribution in [0.2, 0.25) is 0 Å². The number of hydrogen-bond acceptors (Lipinski definition) is 4. The van der Waals surface area contributed by atoms with Crippen molar-refractivity contribution in [1.82, 2.24) is 14.9 Å². The molecule has 0 aliphatic carbocycles. The maximum atomic E-state index is 12.5. The molecule has 0 saturated carbocycles. The molecule has 1 aromatic heterocycles. The average Bonchev–Trinajstić information content (AvgIpc) is 3.10. The maximum absolute atomic E-state index is 12.5. The second-order valence-electron chi connectivity index (χ2n) is 7.02. The number of hydrazone groups is 1. The molecule has 3 amide bonds. The third kappa shape index (κ3) is 3.40. The van der Waals surface area contributed by atoms with Crippen molar-refractivity contribution in [1.29, 1.82) is 0 Å². The largest absolute Gasteiger partial charge is 0.322 e. The number of urea groups is 1. The van der Waals surface area contributed by atoms with Gasteiger partial charge in [0.25, 0.3) is 0 Å². The van der Waals surface area contributed by atoms with Gasteiger partial charge in [-0.1, -0.05) is 19.1 Å². The molecule has 7 heteroatoms. The van der Waals surface area contributed by atoms with E-state index < -0.39 is 0 Å². The number of fused-ring (bicyclic) bond motifs is 1. The van der Waals surface area contributed by atoms with Gasteiger partial charge in [-0.2, -0.15) is 5.10 Å². The predicted octanol–water partition coefficient (Wildman–Crippen LogP) is 2.83. The third-order valence-corrected chi connectivity index (χ3v) is 5.01. The van der Waals surface area contributed by atoms with E-state index in [0.717, 1.165) is 28.1 Å². The van der Waals surface area contributed by atoms with Crippen molar-refractivity contribution in [3.63, 3.8) is 0 Å². The molecule has 4 rings (SSSR count). The molecule has 27 heavy (non-hydrogen) atoms. The lowest BCUT2D eigenvalue weighted by Crippen LogP contribution is -2.33. The van der Waals surface area contributed by atoms with Crippen LogP contribution >= 0.6 is 0 Å². The van der Waals surface area contributed by atoms with Crippen molar-refractivity contribution in [2.45, 2.75) is 26.4 Å². The monoisotopic (exact) mass is 363 g/mol. The molecule has 0 saturated heterocycles. The fourth-order valence-corrected chi connectivity index (χ4v) is 3.44. The van der Waals surface area contributed by atoms with E-state index in [2.05, 4.69) is 15.4 Å². The van der Waals surface area contributed by atoms with Crippen molar-refractivity contribution in [3.05, 3.63) is 59.4 Å². The number of pyridine rings is 1. The molecule has 138 valence electrons. The molecule has 2 aromatic rings. The Labute approximate surface area is 157 Å². The van der Waals surface area contributed by atoms with Gasteiger partial charge >= 0.3 is 6.03 Å². The molecule has 0 fully saturated rings. The summed E-state index contributed by atoms with van der Waals surface area (Å²) in [6, 6.07) is 9.40. The SMILES string of the molecule is CC1CC(=O)N(C)N=C1c1ccc(NC(=O)N2Cc3ccncc3C2)cc1. The lowest BCUT2D eigenvalue weighted by Gasteiger charge is -2.25. The summed E-state index contributed by atoms with van der Waals surface area (Å²) < 4.78 is 0. The van der Waals surface area contributed by atoms with Gasteiger partial charge in [0.15, 0.2) is 0 Å². The van der Waals surface area contributed by atoms with Gasteiger partial charge in [-0.3, -0.25) is 9.78 Å². The summed E-state index contributed by atoms with van der Waals surface area (Å²) >= 11 is 0. The fourth-order valence-electron chi connectivity index (χ4n) is 3.44. The molecule has 0 spiro atoms. The van der Waals surface area contributed by atoms with Crippen LogP contribution in [0.15, 0.2) is 47.8 Å². The van der Waals surface area contributed by atoms with Gasteiger partial charge in [0.1, 0.15) is 0 Å². The Morgan fingerprint density at radius 1 is 1.15 bits per heavy atom. The van der Waals surface area contributed by atoms with E-state index in [4.69, 9.17) is 0 Å². The van der Waals surface area contributed by atoms with Gasteiger partial charge in [0.05, 0.1) is 5.71 Å². The summed E-state index contributed by atoms with van der Waals surface area (Å²) in [4.78, 5) is 30.1. The number of benzene rings is 1. The molecule has 0 radical (unpaired) electrons. The summed E-state index contributed by atoms with van der Waals surface area (Å²) in [7, 11) is 1.67. The summed E-state index contributed by atoms with van der Waals surface area (Å²) in [6.45, 7) is 3.16. The van der Waals surface area contributed by atoms with Crippen LogP contribution in [0.1, 0.15) is 30.0 Å². The number of anilines is 1. The van der Waals surface area contributed by atoms with Gasteiger partial charge < -0.3 is 10.2 Å². The van der Waals surface area contributed by atoms with Gasteiger partial charge in [0.2, 0.25) is 5.91 Å². The lowest BCUT2D eigenvalue weighted by atomic mass is 9.94. The van der Waals surface area contributed by atoms with Crippen molar-refractivity contribution < 1.29 is 9.59 Å². The summed E-state index contributed by atoms with van der Waals surface area (Å²) in [5, 5.41) is 8.72. The number of carbonyl (C=O) groups is 2. The Morgan fingerprint density at radius 3 is 2.63 bits per heavy atom. The van der Waals surface area contributed by atoms with Crippen molar-refractivity contribution in [3.8, 4) is 0 Å². The molecule has 1 aromatic carbocycles. The standard InChI is InChI=1S/C20H21N5O2/c1-13-9-18(26)24(2)23-19(13)14-3-5-17(6-4-14)22-20(27)25-11-15-7-8-21-10-16(15)12-25/h3-8,10,13H,9,11-12H2,1-2H3,(H,22,27). The van der Waals surface area contributed by atoms with E-state index >= 15 is 0 Å². The number of nitrogens with one attached hydrogen (secondary N) is 1. The van der Waals surface area contributed by atoms with Crippen LogP contribution in [0.4, 0.5) is 10.5 Å². The Kier molecular flexibility index (Phi) is 4.35. The molecular weight excluding hydrogens is 342 g/mol. The average molecular weight is 363 g/mol. The van der Waals surface area contributed by atoms with Crippen molar-refractivity contribution in [2.24, 2.45) is 11.0 Å². The maximum Gasteiger partial charge on any atom is 0.322 e. The number of nitrogens with zero attached hydrogens (tertiary/aromatic N) is 4. The second kappa shape index (κ2) is 6.83. The van der Waals surface area contributed by atoms with Crippen molar-refractivity contribution in [2.75, 3.05) is 12.4 Å². The number of amides is 3. The third-order valence-electron chi connectivity index (χ3n) is 5.01. The van der Waals surface area contributed by atoms with E-state index in [1.165, 1.54) is 5.01 Å². The van der Waals surface area contributed by atoms with Gasteiger partial charge in [0, 0.05) is 50.6 Å². The summed E-state index contributed by atoms with van der Waals surface area (Å²) in [5.74, 6) is 0.0998. The highest BCUT2D eigenvalue weighted by molar-refractivity contribution is 6.06. The Balaban J connectivity index is 1.44. The molecular formula is C20H21N5O2. The molecule has 1 atom stereocenters. The minimum absolute atomic E-state index is 0.0249. The topological polar surface area (TPSA) is 77.9 Å². The van der Waals surface area contributed by atoms with Crippen LogP contribution in [0, 0.1) is 5.92 Å². The quantitative estimate of drug-likeness (QED) is 0.891. The minimum atomic E-state index is -0.132. The van der Waals surface area contributed by atoms with Crippen LogP contribution in [0.25, 0.3) is 0 Å². The van der Waals surface area contributed by atoms with E-state index in [9.17, 15) is 9.59 Å². The lowest BCUT2D eigenvalue weighted by molar-refractivity contribution is -0.131. The Morgan fingerprint density at radius 2 is 1.89 bits per heavy atom. The van der Waals surface area contributed by atoms with Gasteiger partial charge in [-0.25, -0.2) is 9.80 Å². The van der Waals surface area contributed by atoms with E-state index in [1.54, 1.807) is 18.1 Å². The van der Waals surface area contributed by atoms with Crippen LogP contribution < -0.4 is 5.32 Å². The minimum Gasteiger partial charge on any atom is -0.316 e. The number of carbonyl (C=O) groups excluding carboxylic acids is 2. The molecule has 7 nitrogen and oxygen atoms in total. The van der Waals surface area contributed by atoms with Crippen molar-refractivity contribution >= 4 is 23.3 Å². The first kappa shape index (κ1) is 17.2. The van der Waals surface area contributed by atoms with Gasteiger partial charge in [-0.15, -0.1) is 0 Å². The normalized spacial score (nSPS) is 19.0. The zero-order valence-corrected chi connectivity index (χ0v) is 15.3. The van der Waals surface area contributed by atoms with Crippen LogP contribution in [0.5, 0.6) is 0 Å². The zero-order chi connectivity index (χ0) is 19.0. The predicted molar refractivity (Wildman–Crippen MR) is 102 cm³/mol. The van der Waals surface area contributed by atoms with Gasteiger partial charge in [-0.05, 0) is 34.9 Å². The second-order valence-corrected chi connectivity index (χ2v) is 7.02. The van der Waals surface area contributed by atoms with E-state index in [-0.39, 0.29) is 17.9 Å². The number of rotatable bonds is 2. The summed E-state index contributed by atoms with van der Waals surface area (Å²) in [6.07, 6.45) is 4.02.